The number of nitrogens with zero attached hydrogens (tertiary/aromatic N) is 1. The van der Waals surface area contributed by atoms with Gasteiger partial charge in [0.25, 0.3) is 0 Å². The van der Waals surface area contributed by atoms with E-state index in [1.807, 2.05) is 12.4 Å². The first-order chi connectivity index (χ1) is 10.2. The van der Waals surface area contributed by atoms with Crippen LogP contribution in [0.15, 0.2) is 42.7 Å². The molecule has 2 nitrogen and oxygen atoms in total. The Morgan fingerprint density at radius 2 is 1.52 bits per heavy atom. The molecule has 1 aromatic carbocycles. The third kappa shape index (κ3) is 3.33. The zero-order valence-corrected chi connectivity index (χ0v) is 13.0. The summed E-state index contributed by atoms with van der Waals surface area (Å²) in [5, 5.41) is 3.69. The molecule has 1 aliphatic carbocycles. The van der Waals surface area contributed by atoms with Crippen molar-refractivity contribution in [1.82, 2.24) is 10.3 Å². The van der Waals surface area contributed by atoms with Crippen LogP contribution >= 0.6 is 0 Å². The predicted octanol–water partition coefficient (Wildman–Crippen LogP) is 4.37. The molecule has 2 atom stereocenters. The molecule has 21 heavy (non-hydrogen) atoms. The highest BCUT2D eigenvalue weighted by atomic mass is 14.9. The van der Waals surface area contributed by atoms with Crippen molar-refractivity contribution in [3.8, 4) is 0 Å². The maximum atomic E-state index is 4.09. The summed E-state index contributed by atoms with van der Waals surface area (Å²) in [6.07, 6.45) is 8.90. The van der Waals surface area contributed by atoms with Crippen molar-refractivity contribution in [3.05, 3.63) is 65.0 Å². The van der Waals surface area contributed by atoms with Gasteiger partial charge in [0, 0.05) is 24.5 Å². The van der Waals surface area contributed by atoms with E-state index in [2.05, 4.69) is 54.5 Å². The Kier molecular flexibility index (Phi) is 4.35. The summed E-state index contributed by atoms with van der Waals surface area (Å²) in [5.41, 5.74) is 5.80. The number of hydrogen-bond donors (Lipinski definition) is 1. The Morgan fingerprint density at radius 3 is 2.29 bits per heavy atom. The molecule has 0 radical (unpaired) electrons. The number of fused-ring (bicyclic) bond motifs is 1. The number of pyridine rings is 1. The third-order valence-electron chi connectivity index (χ3n) is 4.58. The van der Waals surface area contributed by atoms with E-state index in [4.69, 9.17) is 0 Å². The van der Waals surface area contributed by atoms with Gasteiger partial charge >= 0.3 is 0 Å². The molecular weight excluding hydrogens is 256 g/mol. The van der Waals surface area contributed by atoms with Crippen LogP contribution in [0, 0.1) is 0 Å². The first-order valence-corrected chi connectivity index (χ1v) is 8.01. The molecule has 0 fully saturated rings. The summed E-state index contributed by atoms with van der Waals surface area (Å²) in [5.74, 6) is 0. The highest BCUT2D eigenvalue weighted by Crippen LogP contribution is 2.26. The van der Waals surface area contributed by atoms with Crippen LogP contribution in [0.1, 0.15) is 61.0 Å². The van der Waals surface area contributed by atoms with E-state index in [9.17, 15) is 0 Å². The second-order valence-electron chi connectivity index (χ2n) is 6.13. The topological polar surface area (TPSA) is 24.9 Å². The van der Waals surface area contributed by atoms with Crippen LogP contribution in [0.5, 0.6) is 0 Å². The number of rotatable bonds is 4. The molecule has 1 heterocycles. The van der Waals surface area contributed by atoms with Crippen molar-refractivity contribution in [3.63, 3.8) is 0 Å². The molecule has 0 bridgehead atoms. The lowest BCUT2D eigenvalue weighted by Gasteiger charge is -2.23. The minimum absolute atomic E-state index is 0.332. The molecule has 3 rings (SSSR count). The van der Waals surface area contributed by atoms with E-state index in [1.165, 1.54) is 36.8 Å². The highest BCUT2D eigenvalue weighted by Gasteiger charge is 2.14. The molecule has 0 saturated carbocycles. The first-order valence-electron chi connectivity index (χ1n) is 8.01. The van der Waals surface area contributed by atoms with Gasteiger partial charge in [-0.25, -0.2) is 0 Å². The standard InChI is InChI=1S/C19H24N2/c1-14(16-9-11-20-12-10-16)21-15(2)18-8-7-17-5-3-4-6-19(17)13-18/h7-15,21H,3-6H2,1-2H3/t14-,15?/m1/s1. The first kappa shape index (κ1) is 14.3. The Hall–Kier alpha value is -1.67. The van der Waals surface area contributed by atoms with Gasteiger partial charge in [-0.3, -0.25) is 4.98 Å². The normalized spacial score (nSPS) is 17.0. The fourth-order valence-electron chi connectivity index (χ4n) is 3.24. The van der Waals surface area contributed by atoms with E-state index in [-0.39, 0.29) is 0 Å². The molecule has 1 aliphatic rings. The third-order valence-corrected chi connectivity index (χ3v) is 4.58. The summed E-state index contributed by atoms with van der Waals surface area (Å²) in [4.78, 5) is 4.09. The van der Waals surface area contributed by atoms with Crippen LogP contribution in [-0.4, -0.2) is 4.98 Å². The Morgan fingerprint density at radius 1 is 0.857 bits per heavy atom. The highest BCUT2D eigenvalue weighted by molar-refractivity contribution is 5.35. The van der Waals surface area contributed by atoms with Gasteiger partial charge in [0.15, 0.2) is 0 Å². The average Bonchev–Trinajstić information content (AvgIpc) is 2.55. The van der Waals surface area contributed by atoms with Gasteiger partial charge in [-0.05, 0) is 73.9 Å². The molecule has 0 saturated heterocycles. The molecule has 0 aliphatic heterocycles. The number of nitrogens with one attached hydrogen (secondary N) is 1. The van der Waals surface area contributed by atoms with Gasteiger partial charge in [0.2, 0.25) is 0 Å². The van der Waals surface area contributed by atoms with E-state index >= 15 is 0 Å². The summed E-state index contributed by atoms with van der Waals surface area (Å²) < 4.78 is 0. The smallest absolute Gasteiger partial charge is 0.0298 e. The Bertz CT molecular complexity index is 592. The van der Waals surface area contributed by atoms with Gasteiger partial charge in [-0.1, -0.05) is 18.2 Å². The molecule has 0 amide bonds. The second-order valence-corrected chi connectivity index (χ2v) is 6.13. The van der Waals surface area contributed by atoms with Crippen LogP contribution in [0.4, 0.5) is 0 Å². The van der Waals surface area contributed by atoms with E-state index in [0.717, 1.165) is 0 Å². The number of aryl methyl sites for hydroxylation is 2. The van der Waals surface area contributed by atoms with Crippen molar-refractivity contribution in [2.24, 2.45) is 0 Å². The van der Waals surface area contributed by atoms with Crippen molar-refractivity contribution >= 4 is 0 Å². The lowest BCUT2D eigenvalue weighted by atomic mass is 9.89. The van der Waals surface area contributed by atoms with Crippen LogP contribution in [0.25, 0.3) is 0 Å². The molecule has 2 aromatic rings. The summed E-state index contributed by atoms with van der Waals surface area (Å²) >= 11 is 0. The van der Waals surface area contributed by atoms with Crippen LogP contribution in [0.2, 0.25) is 0 Å². The maximum Gasteiger partial charge on any atom is 0.0298 e. The number of aromatic nitrogens is 1. The van der Waals surface area contributed by atoms with Gasteiger partial charge < -0.3 is 5.32 Å². The molecule has 1 N–H and O–H groups in total. The fourth-order valence-corrected chi connectivity index (χ4v) is 3.24. The van der Waals surface area contributed by atoms with Gasteiger partial charge in [-0.2, -0.15) is 0 Å². The van der Waals surface area contributed by atoms with Gasteiger partial charge in [0.05, 0.1) is 0 Å². The number of benzene rings is 1. The molecule has 1 unspecified atom stereocenters. The van der Waals surface area contributed by atoms with Crippen molar-refractivity contribution in [2.75, 3.05) is 0 Å². The quantitative estimate of drug-likeness (QED) is 0.899. The Labute approximate surface area is 127 Å². The zero-order valence-electron chi connectivity index (χ0n) is 13.0. The van der Waals surface area contributed by atoms with E-state index in [1.54, 1.807) is 11.1 Å². The molecule has 110 valence electrons. The summed E-state index contributed by atoms with van der Waals surface area (Å²) in [6, 6.07) is 11.9. The minimum atomic E-state index is 0.332. The summed E-state index contributed by atoms with van der Waals surface area (Å²) in [7, 11) is 0. The minimum Gasteiger partial charge on any atom is -0.304 e. The van der Waals surface area contributed by atoms with Crippen LogP contribution < -0.4 is 5.32 Å². The average molecular weight is 280 g/mol. The lowest BCUT2D eigenvalue weighted by molar-refractivity contribution is 0.493. The monoisotopic (exact) mass is 280 g/mol. The Balaban J connectivity index is 1.72. The van der Waals surface area contributed by atoms with Crippen LogP contribution in [0.3, 0.4) is 0 Å². The summed E-state index contributed by atoms with van der Waals surface area (Å²) in [6.45, 7) is 4.46. The van der Waals surface area contributed by atoms with Gasteiger partial charge in [0.1, 0.15) is 0 Å². The predicted molar refractivity (Wildman–Crippen MR) is 87.3 cm³/mol. The molecule has 2 heteroatoms. The lowest BCUT2D eigenvalue weighted by Crippen LogP contribution is -2.22. The van der Waals surface area contributed by atoms with Gasteiger partial charge in [-0.15, -0.1) is 0 Å². The second kappa shape index (κ2) is 6.40. The van der Waals surface area contributed by atoms with Crippen molar-refractivity contribution in [2.45, 2.75) is 51.6 Å². The molecular formula is C19H24N2. The van der Waals surface area contributed by atoms with Crippen LogP contribution in [-0.2, 0) is 12.8 Å². The fraction of sp³-hybridized carbons (Fsp3) is 0.421. The zero-order chi connectivity index (χ0) is 14.7. The molecule has 1 aromatic heterocycles. The van der Waals surface area contributed by atoms with Crippen molar-refractivity contribution < 1.29 is 0 Å². The SMILES string of the molecule is CC(N[C@H](C)c1ccncc1)c1ccc2c(c1)CCCC2. The molecule has 0 spiro atoms. The van der Waals surface area contributed by atoms with E-state index < -0.39 is 0 Å². The number of hydrogen-bond acceptors (Lipinski definition) is 2. The largest absolute Gasteiger partial charge is 0.304 e. The van der Waals surface area contributed by atoms with Crippen molar-refractivity contribution in [1.29, 1.82) is 0 Å². The van der Waals surface area contributed by atoms with E-state index in [0.29, 0.717) is 12.1 Å². The maximum absolute atomic E-state index is 4.09.